The van der Waals surface area contributed by atoms with Gasteiger partial charge in [0.25, 0.3) is 0 Å². The molecule has 1 saturated heterocycles. The molecule has 4 rings (SSSR count). The van der Waals surface area contributed by atoms with Crippen LogP contribution in [0, 0.1) is 12.7 Å². The minimum Gasteiger partial charge on any atom is -0.306 e. The van der Waals surface area contributed by atoms with Gasteiger partial charge in [0, 0.05) is 35.6 Å². The van der Waals surface area contributed by atoms with E-state index in [1.807, 2.05) is 19.3 Å². The van der Waals surface area contributed by atoms with Crippen LogP contribution in [0.5, 0.6) is 0 Å². The van der Waals surface area contributed by atoms with Crippen molar-refractivity contribution in [3.63, 3.8) is 0 Å². The number of benzene rings is 1. The topological polar surface area (TPSA) is 81.8 Å². The summed E-state index contributed by atoms with van der Waals surface area (Å²) in [5.41, 5.74) is 3.87. The van der Waals surface area contributed by atoms with Crippen molar-refractivity contribution >= 4 is 9.84 Å². The number of hydrogen-bond acceptors (Lipinski definition) is 5. The Labute approximate surface area is 169 Å². The Morgan fingerprint density at radius 3 is 2.69 bits per heavy atom. The van der Waals surface area contributed by atoms with E-state index in [0.717, 1.165) is 22.5 Å². The summed E-state index contributed by atoms with van der Waals surface area (Å²) in [5.74, 6) is 0.128. The fourth-order valence-corrected chi connectivity index (χ4v) is 5.43. The lowest BCUT2D eigenvalue weighted by molar-refractivity contribution is 0.498. The normalized spacial score (nSPS) is 19.5. The molecular formula is C20H24FN5O2S. The van der Waals surface area contributed by atoms with Crippen molar-refractivity contribution in [3.8, 4) is 5.69 Å². The van der Waals surface area contributed by atoms with E-state index >= 15 is 0 Å². The van der Waals surface area contributed by atoms with Crippen LogP contribution in [0.1, 0.15) is 42.2 Å². The Morgan fingerprint density at radius 1 is 1.24 bits per heavy atom. The van der Waals surface area contributed by atoms with Crippen LogP contribution >= 0.6 is 0 Å². The monoisotopic (exact) mass is 417 g/mol. The molecule has 0 radical (unpaired) electrons. The molecule has 2 aromatic heterocycles. The summed E-state index contributed by atoms with van der Waals surface area (Å²) < 4.78 is 40.1. The summed E-state index contributed by atoms with van der Waals surface area (Å²) in [4.78, 5) is 0. The van der Waals surface area contributed by atoms with Crippen LogP contribution in [0.2, 0.25) is 0 Å². The molecule has 1 aliphatic rings. The van der Waals surface area contributed by atoms with Gasteiger partial charge >= 0.3 is 0 Å². The zero-order chi connectivity index (χ0) is 20.6. The number of nitrogens with zero attached hydrogens (tertiary/aromatic N) is 4. The minimum absolute atomic E-state index is 0.0550. The summed E-state index contributed by atoms with van der Waals surface area (Å²) in [6, 6.07) is 6.24. The molecule has 3 heterocycles. The van der Waals surface area contributed by atoms with Gasteiger partial charge in [-0.3, -0.25) is 4.68 Å². The highest BCUT2D eigenvalue weighted by Gasteiger charge is 2.29. The Kier molecular flexibility index (Phi) is 5.26. The van der Waals surface area contributed by atoms with Gasteiger partial charge in [0.1, 0.15) is 5.82 Å². The van der Waals surface area contributed by atoms with Gasteiger partial charge in [0.2, 0.25) is 0 Å². The molecular weight excluding hydrogens is 393 g/mol. The van der Waals surface area contributed by atoms with Crippen molar-refractivity contribution in [1.82, 2.24) is 24.9 Å². The molecule has 0 saturated carbocycles. The van der Waals surface area contributed by atoms with Gasteiger partial charge in [0.15, 0.2) is 9.84 Å². The number of nitrogens with one attached hydrogen (secondary N) is 1. The van der Waals surface area contributed by atoms with Gasteiger partial charge in [-0.1, -0.05) is 0 Å². The van der Waals surface area contributed by atoms with Crippen LogP contribution in [0.15, 0.2) is 42.9 Å². The predicted molar refractivity (Wildman–Crippen MR) is 108 cm³/mol. The van der Waals surface area contributed by atoms with Crippen molar-refractivity contribution in [2.24, 2.45) is 0 Å². The van der Waals surface area contributed by atoms with Crippen molar-refractivity contribution in [1.29, 1.82) is 0 Å². The molecule has 1 aromatic carbocycles. The first-order valence-electron chi connectivity index (χ1n) is 9.60. The predicted octanol–water partition coefficient (Wildman–Crippen LogP) is 2.73. The Balaban J connectivity index is 1.40. The number of sulfone groups is 1. The standard InChI is InChI=1S/C20H24FN5O2S/c1-14(20-11-24-26(15(20)2)18-5-3-17(21)4-6-18)22-9-16-10-23-25(12-16)19-7-8-29(27,28)13-19/h3-6,10-12,14,19,22H,7-9,13H2,1-2H3/t14-,19+/m1/s1. The van der Waals surface area contributed by atoms with Gasteiger partial charge in [0.05, 0.1) is 35.6 Å². The van der Waals surface area contributed by atoms with Crippen molar-refractivity contribution in [2.75, 3.05) is 11.5 Å². The van der Waals surface area contributed by atoms with Crippen LogP contribution in [-0.2, 0) is 16.4 Å². The first-order valence-corrected chi connectivity index (χ1v) is 11.4. The van der Waals surface area contributed by atoms with E-state index in [-0.39, 0.29) is 29.4 Å². The van der Waals surface area contributed by atoms with Crippen molar-refractivity contribution in [2.45, 2.75) is 38.9 Å². The molecule has 0 amide bonds. The van der Waals surface area contributed by atoms with E-state index in [2.05, 4.69) is 22.4 Å². The molecule has 2 atom stereocenters. The fraction of sp³-hybridized carbons (Fsp3) is 0.400. The largest absolute Gasteiger partial charge is 0.306 e. The molecule has 0 spiro atoms. The van der Waals surface area contributed by atoms with Gasteiger partial charge in [-0.2, -0.15) is 10.2 Å². The second kappa shape index (κ2) is 7.72. The van der Waals surface area contributed by atoms with E-state index in [1.165, 1.54) is 12.1 Å². The highest BCUT2D eigenvalue weighted by atomic mass is 32.2. The van der Waals surface area contributed by atoms with Gasteiger partial charge < -0.3 is 5.32 Å². The number of halogens is 1. The zero-order valence-corrected chi connectivity index (χ0v) is 17.2. The third-order valence-corrected chi connectivity index (χ3v) is 7.19. The summed E-state index contributed by atoms with van der Waals surface area (Å²) >= 11 is 0. The summed E-state index contributed by atoms with van der Waals surface area (Å²) in [6.45, 7) is 4.66. The summed E-state index contributed by atoms with van der Waals surface area (Å²) in [5, 5.41) is 12.3. The molecule has 0 unspecified atom stereocenters. The van der Waals surface area contributed by atoms with E-state index < -0.39 is 9.84 Å². The van der Waals surface area contributed by atoms with Gasteiger partial charge in [-0.15, -0.1) is 0 Å². The molecule has 0 bridgehead atoms. The van der Waals surface area contributed by atoms with Crippen molar-refractivity contribution in [3.05, 3.63) is 65.5 Å². The molecule has 154 valence electrons. The number of aromatic nitrogens is 4. The molecule has 1 aliphatic heterocycles. The minimum atomic E-state index is -2.93. The van der Waals surface area contributed by atoms with E-state index in [9.17, 15) is 12.8 Å². The Bertz CT molecular complexity index is 1100. The molecule has 9 heteroatoms. The molecule has 0 aliphatic carbocycles. The summed E-state index contributed by atoms with van der Waals surface area (Å²) in [7, 11) is -2.93. The van der Waals surface area contributed by atoms with E-state index in [0.29, 0.717) is 13.0 Å². The maximum absolute atomic E-state index is 13.2. The first-order chi connectivity index (χ1) is 13.8. The second-order valence-electron chi connectivity index (χ2n) is 7.56. The third-order valence-electron chi connectivity index (χ3n) is 5.44. The SMILES string of the molecule is Cc1c([C@@H](C)NCc2cnn([C@H]3CCS(=O)(=O)C3)c2)cnn1-c1ccc(F)cc1. The van der Waals surface area contributed by atoms with Crippen LogP contribution in [-0.4, -0.2) is 39.5 Å². The highest BCUT2D eigenvalue weighted by molar-refractivity contribution is 7.91. The Morgan fingerprint density at radius 2 is 2.00 bits per heavy atom. The zero-order valence-electron chi connectivity index (χ0n) is 16.4. The van der Waals surface area contributed by atoms with Crippen LogP contribution in [0.3, 0.4) is 0 Å². The fourth-order valence-electron chi connectivity index (χ4n) is 3.72. The van der Waals surface area contributed by atoms with Crippen LogP contribution in [0.4, 0.5) is 4.39 Å². The van der Waals surface area contributed by atoms with E-state index in [1.54, 1.807) is 27.7 Å². The lowest BCUT2D eigenvalue weighted by Gasteiger charge is -2.13. The lowest BCUT2D eigenvalue weighted by atomic mass is 10.1. The Hall–Kier alpha value is -2.52. The highest BCUT2D eigenvalue weighted by Crippen LogP contribution is 2.24. The van der Waals surface area contributed by atoms with Crippen LogP contribution in [0.25, 0.3) is 5.69 Å². The molecule has 1 N–H and O–H groups in total. The maximum atomic E-state index is 13.2. The number of hydrogen-bond donors (Lipinski definition) is 1. The van der Waals surface area contributed by atoms with Crippen LogP contribution < -0.4 is 5.32 Å². The van der Waals surface area contributed by atoms with Gasteiger partial charge in [-0.05, 0) is 44.5 Å². The lowest BCUT2D eigenvalue weighted by Crippen LogP contribution is -2.18. The molecule has 1 fully saturated rings. The van der Waals surface area contributed by atoms with Gasteiger partial charge in [-0.25, -0.2) is 17.5 Å². The average molecular weight is 418 g/mol. The average Bonchev–Trinajstić information content (AvgIpc) is 3.39. The van der Waals surface area contributed by atoms with E-state index in [4.69, 9.17) is 0 Å². The molecule has 3 aromatic rings. The smallest absolute Gasteiger partial charge is 0.152 e. The maximum Gasteiger partial charge on any atom is 0.152 e. The summed E-state index contributed by atoms with van der Waals surface area (Å²) in [6.07, 6.45) is 6.14. The molecule has 29 heavy (non-hydrogen) atoms. The second-order valence-corrected chi connectivity index (χ2v) is 9.79. The third kappa shape index (κ3) is 4.25. The molecule has 7 nitrogen and oxygen atoms in total. The number of rotatable bonds is 6. The first kappa shape index (κ1) is 19.8. The van der Waals surface area contributed by atoms with Crippen molar-refractivity contribution < 1.29 is 12.8 Å². The quantitative estimate of drug-likeness (QED) is 0.667.